The van der Waals surface area contributed by atoms with Crippen LogP contribution in [0.15, 0.2) is 65.8 Å². The largest absolute Gasteiger partial charge is 0.335 e. The zero-order valence-corrected chi connectivity index (χ0v) is 16.1. The summed E-state index contributed by atoms with van der Waals surface area (Å²) in [6, 6.07) is 11.8. The number of aromatic nitrogens is 2. The van der Waals surface area contributed by atoms with E-state index in [-0.39, 0.29) is 22.1 Å². The molecule has 9 heteroatoms. The number of hydrogen-bond acceptors (Lipinski definition) is 4. The molecule has 0 saturated carbocycles. The van der Waals surface area contributed by atoms with Gasteiger partial charge in [0.05, 0.1) is 22.7 Å². The number of nitrogens with two attached hydrogens (primary N) is 1. The van der Waals surface area contributed by atoms with E-state index in [9.17, 15) is 17.6 Å². The highest BCUT2D eigenvalue weighted by Crippen LogP contribution is 2.23. The molecule has 0 aliphatic carbocycles. The minimum Gasteiger partial charge on any atom is -0.335 e. The lowest BCUT2D eigenvalue weighted by molar-refractivity contribution is 0.0742. The average Bonchev–Trinajstić information content (AvgIpc) is 3.16. The lowest BCUT2D eigenvalue weighted by Gasteiger charge is -2.25. The number of sulfonamides is 1. The number of rotatable bonds is 5. The zero-order valence-electron chi connectivity index (χ0n) is 15.3. The first-order valence-corrected chi connectivity index (χ1v) is 9.92. The van der Waals surface area contributed by atoms with Gasteiger partial charge in [-0.15, -0.1) is 0 Å². The topological polar surface area (TPSA) is 98.3 Å². The molecule has 28 heavy (non-hydrogen) atoms. The molecule has 0 aliphatic heterocycles. The number of benzene rings is 2. The normalized spacial score (nSPS) is 12.6. The molecule has 1 aromatic heterocycles. The highest BCUT2D eigenvalue weighted by molar-refractivity contribution is 7.89. The molecule has 0 saturated heterocycles. The molecule has 1 atom stereocenters. The van der Waals surface area contributed by atoms with Gasteiger partial charge in [0.2, 0.25) is 10.0 Å². The Kier molecular flexibility index (Phi) is 5.30. The van der Waals surface area contributed by atoms with E-state index < -0.39 is 21.9 Å². The molecule has 1 heterocycles. The van der Waals surface area contributed by atoms with Gasteiger partial charge in [-0.2, -0.15) is 5.10 Å². The summed E-state index contributed by atoms with van der Waals surface area (Å²) in [6.45, 7) is 1.77. The van der Waals surface area contributed by atoms with Crippen molar-refractivity contribution >= 4 is 15.9 Å². The molecular weight excluding hydrogens is 383 g/mol. The van der Waals surface area contributed by atoms with Crippen LogP contribution >= 0.6 is 0 Å². The van der Waals surface area contributed by atoms with Crippen molar-refractivity contribution in [3.8, 4) is 5.69 Å². The minimum absolute atomic E-state index is 0.0231. The highest BCUT2D eigenvalue weighted by atomic mass is 32.2. The van der Waals surface area contributed by atoms with Crippen LogP contribution in [0.3, 0.4) is 0 Å². The number of primary sulfonamides is 1. The summed E-state index contributed by atoms with van der Waals surface area (Å²) in [5.41, 5.74) is 1.13. The summed E-state index contributed by atoms with van der Waals surface area (Å²) >= 11 is 0. The summed E-state index contributed by atoms with van der Waals surface area (Å²) in [4.78, 5) is 14.2. The van der Waals surface area contributed by atoms with Crippen LogP contribution in [0.1, 0.15) is 28.9 Å². The van der Waals surface area contributed by atoms with Crippen molar-refractivity contribution < 1.29 is 17.6 Å². The molecule has 0 spiro atoms. The third-order valence-electron chi connectivity index (χ3n) is 4.50. The lowest BCUT2D eigenvalue weighted by atomic mass is 10.1. The summed E-state index contributed by atoms with van der Waals surface area (Å²) in [7, 11) is -2.25. The lowest BCUT2D eigenvalue weighted by Crippen LogP contribution is -2.29. The van der Waals surface area contributed by atoms with Crippen LogP contribution in [0.2, 0.25) is 0 Å². The van der Waals surface area contributed by atoms with Gasteiger partial charge in [-0.3, -0.25) is 4.79 Å². The average molecular weight is 402 g/mol. The van der Waals surface area contributed by atoms with E-state index >= 15 is 0 Å². The Hall–Kier alpha value is -3.04. The molecule has 1 amide bonds. The molecule has 3 rings (SSSR count). The summed E-state index contributed by atoms with van der Waals surface area (Å²) in [5, 5.41) is 9.24. The molecule has 3 aromatic rings. The number of nitrogens with zero attached hydrogens (tertiary/aromatic N) is 3. The second-order valence-corrected chi connectivity index (χ2v) is 7.90. The Bertz CT molecular complexity index is 1130. The number of carbonyl (C=O) groups is 1. The SMILES string of the molecule is CC(c1cccc(S(N)(=O)=O)c1)N(C)C(=O)c1cnn(-c2ccccc2F)c1. The molecule has 7 nitrogen and oxygen atoms in total. The van der Waals surface area contributed by atoms with Gasteiger partial charge in [-0.05, 0) is 36.8 Å². The fraction of sp³-hybridized carbons (Fsp3) is 0.158. The van der Waals surface area contributed by atoms with Crippen LogP contribution in [0.5, 0.6) is 0 Å². The van der Waals surface area contributed by atoms with Crippen LogP contribution in [0.4, 0.5) is 4.39 Å². The second kappa shape index (κ2) is 7.53. The van der Waals surface area contributed by atoms with E-state index in [4.69, 9.17) is 5.14 Å². The molecule has 2 N–H and O–H groups in total. The van der Waals surface area contributed by atoms with Crippen LogP contribution in [0, 0.1) is 5.82 Å². The first-order valence-electron chi connectivity index (χ1n) is 8.38. The van der Waals surface area contributed by atoms with Crippen molar-refractivity contribution in [3.63, 3.8) is 0 Å². The molecule has 0 bridgehead atoms. The summed E-state index contributed by atoms with van der Waals surface area (Å²) < 4.78 is 38.3. The monoisotopic (exact) mass is 402 g/mol. The molecule has 2 aromatic carbocycles. The van der Waals surface area contributed by atoms with E-state index in [2.05, 4.69) is 5.10 Å². The van der Waals surface area contributed by atoms with Crippen LogP contribution in [0.25, 0.3) is 5.69 Å². The van der Waals surface area contributed by atoms with Gasteiger partial charge in [-0.25, -0.2) is 22.6 Å². The van der Waals surface area contributed by atoms with Gasteiger partial charge in [-0.1, -0.05) is 24.3 Å². The maximum absolute atomic E-state index is 13.9. The summed E-state index contributed by atoms with van der Waals surface area (Å²) in [6.07, 6.45) is 2.81. The predicted octanol–water partition coefficient (Wildman–Crippen LogP) is 2.49. The number of hydrogen-bond donors (Lipinski definition) is 1. The number of halogens is 1. The molecule has 0 aliphatic rings. The third-order valence-corrected chi connectivity index (χ3v) is 5.41. The Morgan fingerprint density at radius 1 is 1.21 bits per heavy atom. The molecular formula is C19H19FN4O3S. The smallest absolute Gasteiger partial charge is 0.257 e. The number of amides is 1. The minimum atomic E-state index is -3.84. The van der Waals surface area contributed by atoms with Crippen LogP contribution in [-0.2, 0) is 10.0 Å². The predicted molar refractivity (Wildman–Crippen MR) is 102 cm³/mol. The van der Waals surface area contributed by atoms with Gasteiger partial charge < -0.3 is 4.90 Å². The van der Waals surface area contributed by atoms with Crippen molar-refractivity contribution in [2.45, 2.75) is 17.9 Å². The fourth-order valence-corrected chi connectivity index (χ4v) is 3.33. The Labute approximate surface area is 162 Å². The van der Waals surface area contributed by atoms with E-state index in [0.717, 1.165) is 0 Å². The number of para-hydroxylation sites is 1. The maximum Gasteiger partial charge on any atom is 0.257 e. The van der Waals surface area contributed by atoms with Crippen LogP contribution in [-0.4, -0.2) is 36.1 Å². The molecule has 146 valence electrons. The van der Waals surface area contributed by atoms with E-state index in [1.165, 1.54) is 40.2 Å². The van der Waals surface area contributed by atoms with Crippen molar-refractivity contribution in [2.24, 2.45) is 5.14 Å². The van der Waals surface area contributed by atoms with E-state index in [0.29, 0.717) is 5.56 Å². The van der Waals surface area contributed by atoms with Crippen LogP contribution < -0.4 is 5.14 Å². The van der Waals surface area contributed by atoms with E-state index in [1.54, 1.807) is 44.3 Å². The molecule has 0 fully saturated rings. The van der Waals surface area contributed by atoms with Crippen molar-refractivity contribution in [2.75, 3.05) is 7.05 Å². The van der Waals surface area contributed by atoms with Crippen molar-refractivity contribution in [1.29, 1.82) is 0 Å². The second-order valence-electron chi connectivity index (χ2n) is 6.33. The third kappa shape index (κ3) is 3.95. The first-order chi connectivity index (χ1) is 13.2. The highest BCUT2D eigenvalue weighted by Gasteiger charge is 2.22. The number of carbonyl (C=O) groups excluding carboxylic acids is 1. The Morgan fingerprint density at radius 3 is 2.61 bits per heavy atom. The van der Waals surface area contributed by atoms with Crippen molar-refractivity contribution in [1.82, 2.24) is 14.7 Å². The molecule has 0 radical (unpaired) electrons. The zero-order chi connectivity index (χ0) is 20.5. The fourth-order valence-electron chi connectivity index (χ4n) is 2.76. The van der Waals surface area contributed by atoms with E-state index in [1.807, 2.05) is 0 Å². The Balaban J connectivity index is 1.84. The Morgan fingerprint density at radius 2 is 1.93 bits per heavy atom. The summed E-state index contributed by atoms with van der Waals surface area (Å²) in [5.74, 6) is -0.790. The maximum atomic E-state index is 13.9. The standard InChI is InChI=1S/C19H19FN4O3S/c1-13(14-6-5-7-16(10-14)28(21,26)27)23(2)19(25)15-11-22-24(12-15)18-9-4-3-8-17(18)20/h3-13H,1-2H3,(H2,21,26,27). The van der Waals surface area contributed by atoms with Gasteiger partial charge >= 0.3 is 0 Å². The first kappa shape index (κ1) is 19.7. The quantitative estimate of drug-likeness (QED) is 0.709. The van der Waals surface area contributed by atoms with Gasteiger partial charge in [0.15, 0.2) is 0 Å². The van der Waals surface area contributed by atoms with Gasteiger partial charge in [0.1, 0.15) is 11.5 Å². The van der Waals surface area contributed by atoms with Gasteiger partial charge in [0, 0.05) is 13.2 Å². The molecule has 1 unspecified atom stereocenters. The van der Waals surface area contributed by atoms with Gasteiger partial charge in [0.25, 0.3) is 5.91 Å². The van der Waals surface area contributed by atoms with Crippen molar-refractivity contribution in [3.05, 3.63) is 77.9 Å².